The highest BCUT2D eigenvalue weighted by molar-refractivity contribution is 7.92. The highest BCUT2D eigenvalue weighted by Gasteiger charge is 2.34. The van der Waals surface area contributed by atoms with Crippen LogP contribution in [0.25, 0.3) is 0 Å². The van der Waals surface area contributed by atoms with Crippen LogP contribution in [0.1, 0.15) is 13.3 Å². The van der Waals surface area contributed by atoms with E-state index in [0.29, 0.717) is 11.4 Å². The second kappa shape index (κ2) is 9.44. The van der Waals surface area contributed by atoms with Crippen LogP contribution in [-0.2, 0) is 14.8 Å². The first-order chi connectivity index (χ1) is 14.1. The number of anilines is 2. The average Bonchev–Trinajstić information content (AvgIpc) is 2.70. The molecule has 0 bridgehead atoms. The molecule has 11 heteroatoms. The van der Waals surface area contributed by atoms with Crippen LogP contribution >= 0.6 is 0 Å². The number of nitro benzene ring substituents is 1. The molecule has 1 amide bonds. The molecule has 2 rings (SSSR count). The Hall–Kier alpha value is -3.34. The SMILES string of the molecule is CC[C@H](C(=O)Nc1ccc(OC)cc1)N(c1cc([N+](=O)[O-])ccc1OC)S(C)(=O)=O. The molecular formula is C19H23N3O7S. The van der Waals surface area contributed by atoms with Crippen LogP contribution in [0, 0.1) is 10.1 Å². The van der Waals surface area contributed by atoms with Gasteiger partial charge in [-0.2, -0.15) is 0 Å². The second-order valence-corrected chi connectivity index (χ2v) is 8.17. The van der Waals surface area contributed by atoms with Gasteiger partial charge in [0.1, 0.15) is 23.2 Å². The quantitative estimate of drug-likeness (QED) is 0.472. The van der Waals surface area contributed by atoms with Gasteiger partial charge in [0, 0.05) is 17.8 Å². The Kier molecular flexibility index (Phi) is 7.22. The fraction of sp³-hybridized carbons (Fsp3) is 0.316. The number of non-ortho nitro benzene ring substituents is 1. The van der Waals surface area contributed by atoms with Crippen molar-refractivity contribution in [2.45, 2.75) is 19.4 Å². The first-order valence-corrected chi connectivity index (χ1v) is 10.7. The first-order valence-electron chi connectivity index (χ1n) is 8.89. The summed E-state index contributed by atoms with van der Waals surface area (Å²) in [7, 11) is -1.18. The molecule has 0 spiro atoms. The molecule has 0 saturated carbocycles. The molecule has 0 aliphatic heterocycles. The number of amides is 1. The summed E-state index contributed by atoms with van der Waals surface area (Å²) in [6.07, 6.45) is 1.04. The highest BCUT2D eigenvalue weighted by atomic mass is 32.2. The van der Waals surface area contributed by atoms with Crippen LogP contribution < -0.4 is 19.1 Å². The van der Waals surface area contributed by atoms with E-state index >= 15 is 0 Å². The van der Waals surface area contributed by atoms with Gasteiger partial charge in [0.2, 0.25) is 15.9 Å². The third kappa shape index (κ3) is 5.17. The van der Waals surface area contributed by atoms with Crippen molar-refractivity contribution in [3.05, 3.63) is 52.6 Å². The number of nitro groups is 1. The van der Waals surface area contributed by atoms with Gasteiger partial charge in [0.15, 0.2) is 0 Å². The molecule has 10 nitrogen and oxygen atoms in total. The third-order valence-electron chi connectivity index (χ3n) is 4.30. The van der Waals surface area contributed by atoms with Crippen molar-refractivity contribution in [2.24, 2.45) is 0 Å². The van der Waals surface area contributed by atoms with E-state index in [1.54, 1.807) is 31.2 Å². The summed E-state index contributed by atoms with van der Waals surface area (Å²) < 4.78 is 36.4. The normalized spacial score (nSPS) is 12.0. The minimum atomic E-state index is -4.00. The van der Waals surface area contributed by atoms with Crippen molar-refractivity contribution in [1.29, 1.82) is 0 Å². The number of ether oxygens (including phenoxy) is 2. The van der Waals surface area contributed by atoms with E-state index in [1.165, 1.54) is 26.4 Å². The molecule has 0 aliphatic rings. The number of carbonyl (C=O) groups is 1. The summed E-state index contributed by atoms with van der Waals surface area (Å²) in [6.45, 7) is 1.64. The first kappa shape index (κ1) is 22.9. The van der Waals surface area contributed by atoms with Crippen LogP contribution in [0.4, 0.5) is 17.1 Å². The molecule has 0 radical (unpaired) electrons. The number of rotatable bonds is 9. The zero-order valence-electron chi connectivity index (χ0n) is 17.0. The summed E-state index contributed by atoms with van der Waals surface area (Å²) in [6, 6.07) is 8.91. The van der Waals surface area contributed by atoms with Crippen LogP contribution in [0.3, 0.4) is 0 Å². The molecule has 30 heavy (non-hydrogen) atoms. The van der Waals surface area contributed by atoms with Gasteiger partial charge in [-0.1, -0.05) is 6.92 Å². The lowest BCUT2D eigenvalue weighted by Gasteiger charge is -2.30. The minimum Gasteiger partial charge on any atom is -0.497 e. The molecule has 162 valence electrons. The molecule has 0 saturated heterocycles. The molecule has 0 unspecified atom stereocenters. The number of benzene rings is 2. The lowest BCUT2D eigenvalue weighted by molar-refractivity contribution is -0.384. The maximum atomic E-state index is 13.0. The molecular weight excluding hydrogens is 414 g/mol. The summed E-state index contributed by atoms with van der Waals surface area (Å²) in [4.78, 5) is 23.5. The molecule has 2 aromatic rings. The lowest BCUT2D eigenvalue weighted by atomic mass is 10.1. The summed E-state index contributed by atoms with van der Waals surface area (Å²) >= 11 is 0. The number of carbonyl (C=O) groups excluding carboxylic acids is 1. The zero-order chi connectivity index (χ0) is 22.5. The summed E-state index contributed by atoms with van der Waals surface area (Å²) in [5.41, 5.74) is 0.0227. The van der Waals surface area contributed by atoms with Crippen molar-refractivity contribution in [2.75, 3.05) is 30.1 Å². The standard InChI is InChI=1S/C19H23N3O7S/c1-5-16(19(23)20-13-6-9-15(28-2)10-7-13)21(30(4,26)27)17-12-14(22(24)25)8-11-18(17)29-3/h6-12,16H,5H2,1-4H3,(H,20,23)/t16-/m1/s1. The van der Waals surface area contributed by atoms with Gasteiger partial charge in [0.25, 0.3) is 5.69 Å². The van der Waals surface area contributed by atoms with Crippen molar-refractivity contribution in [3.63, 3.8) is 0 Å². The summed E-state index contributed by atoms with van der Waals surface area (Å²) in [5.74, 6) is 0.0857. The zero-order valence-corrected chi connectivity index (χ0v) is 17.8. The largest absolute Gasteiger partial charge is 0.497 e. The van der Waals surface area contributed by atoms with E-state index in [-0.39, 0.29) is 23.5 Å². The van der Waals surface area contributed by atoms with Crippen molar-refractivity contribution < 1.29 is 27.6 Å². The number of methoxy groups -OCH3 is 2. The Bertz CT molecular complexity index is 1020. The molecule has 0 fully saturated rings. The molecule has 0 aromatic heterocycles. The van der Waals surface area contributed by atoms with Gasteiger partial charge in [0.05, 0.1) is 25.4 Å². The maximum absolute atomic E-state index is 13.0. The topological polar surface area (TPSA) is 128 Å². The number of sulfonamides is 1. The van der Waals surface area contributed by atoms with Gasteiger partial charge in [-0.25, -0.2) is 8.42 Å². The Morgan fingerprint density at radius 2 is 1.80 bits per heavy atom. The minimum absolute atomic E-state index is 0.0849. The smallest absolute Gasteiger partial charge is 0.271 e. The monoisotopic (exact) mass is 437 g/mol. The van der Waals surface area contributed by atoms with Crippen LogP contribution in [0.5, 0.6) is 11.5 Å². The van der Waals surface area contributed by atoms with Gasteiger partial charge in [-0.3, -0.25) is 19.2 Å². The van der Waals surface area contributed by atoms with Gasteiger partial charge >= 0.3 is 0 Å². The highest BCUT2D eigenvalue weighted by Crippen LogP contribution is 2.35. The maximum Gasteiger partial charge on any atom is 0.271 e. The fourth-order valence-electron chi connectivity index (χ4n) is 2.90. The predicted molar refractivity (Wildman–Crippen MR) is 113 cm³/mol. The predicted octanol–water partition coefficient (Wildman–Crippen LogP) is 2.80. The number of nitrogens with zero attached hydrogens (tertiary/aromatic N) is 2. The number of hydrogen-bond acceptors (Lipinski definition) is 7. The van der Waals surface area contributed by atoms with Crippen molar-refractivity contribution >= 4 is 33.0 Å². The van der Waals surface area contributed by atoms with Gasteiger partial charge in [-0.05, 0) is 36.8 Å². The van der Waals surface area contributed by atoms with Crippen LogP contribution in [0.15, 0.2) is 42.5 Å². The average molecular weight is 437 g/mol. The van der Waals surface area contributed by atoms with E-state index in [0.717, 1.165) is 16.6 Å². The van der Waals surface area contributed by atoms with E-state index in [1.807, 2.05) is 0 Å². The Morgan fingerprint density at radius 1 is 1.17 bits per heavy atom. The second-order valence-electron chi connectivity index (χ2n) is 6.31. The molecule has 0 aliphatic carbocycles. The molecule has 2 aromatic carbocycles. The lowest BCUT2D eigenvalue weighted by Crippen LogP contribution is -2.47. The molecule has 1 atom stereocenters. The van der Waals surface area contributed by atoms with Gasteiger partial charge in [-0.15, -0.1) is 0 Å². The van der Waals surface area contributed by atoms with Crippen molar-refractivity contribution in [1.82, 2.24) is 0 Å². The Morgan fingerprint density at radius 3 is 2.27 bits per heavy atom. The number of nitrogens with one attached hydrogen (secondary N) is 1. The summed E-state index contributed by atoms with van der Waals surface area (Å²) in [5, 5.41) is 13.9. The van der Waals surface area contributed by atoms with Crippen molar-refractivity contribution in [3.8, 4) is 11.5 Å². The van der Waals surface area contributed by atoms with E-state index < -0.39 is 26.9 Å². The Labute approximate surface area is 174 Å². The van der Waals surface area contributed by atoms with E-state index in [4.69, 9.17) is 9.47 Å². The fourth-order valence-corrected chi connectivity index (χ4v) is 4.11. The van der Waals surface area contributed by atoms with Gasteiger partial charge < -0.3 is 14.8 Å². The van der Waals surface area contributed by atoms with E-state index in [2.05, 4.69) is 5.32 Å². The Balaban J connectivity index is 2.49. The third-order valence-corrected chi connectivity index (χ3v) is 5.46. The molecule has 1 N–H and O–H groups in total. The van der Waals surface area contributed by atoms with E-state index in [9.17, 15) is 23.3 Å². The molecule has 0 heterocycles. The number of hydrogen-bond donors (Lipinski definition) is 1. The van der Waals surface area contributed by atoms with Crippen LogP contribution in [-0.4, -0.2) is 45.8 Å². The van der Waals surface area contributed by atoms with Crippen LogP contribution in [0.2, 0.25) is 0 Å².